The van der Waals surface area contributed by atoms with Gasteiger partial charge in [0, 0.05) is 17.3 Å². The van der Waals surface area contributed by atoms with Crippen molar-refractivity contribution >= 4 is 10.0 Å². The van der Waals surface area contributed by atoms with Gasteiger partial charge in [-0.15, -0.1) is 0 Å². The molecular formula is C25H34N2O4S. The molecule has 0 radical (unpaired) electrons. The van der Waals surface area contributed by atoms with Crippen molar-refractivity contribution in [1.82, 2.24) is 9.29 Å². The molecule has 4 rings (SSSR count). The Labute approximate surface area is 191 Å². The molecule has 1 saturated carbocycles. The van der Waals surface area contributed by atoms with E-state index in [-0.39, 0.29) is 29.5 Å². The van der Waals surface area contributed by atoms with Gasteiger partial charge in [-0.25, -0.2) is 13.1 Å². The van der Waals surface area contributed by atoms with E-state index in [9.17, 15) is 13.2 Å². The van der Waals surface area contributed by atoms with E-state index in [1.807, 2.05) is 18.2 Å². The Bertz CT molecular complexity index is 1070. The Kier molecular flexibility index (Phi) is 7.17. The van der Waals surface area contributed by atoms with Gasteiger partial charge < -0.3 is 9.30 Å². The van der Waals surface area contributed by atoms with Gasteiger partial charge in [0.1, 0.15) is 0 Å². The first-order chi connectivity index (χ1) is 15.4. The van der Waals surface area contributed by atoms with Crippen molar-refractivity contribution in [3.63, 3.8) is 0 Å². The van der Waals surface area contributed by atoms with Gasteiger partial charge in [0.15, 0.2) is 0 Å². The topological polar surface area (TPSA) is 77.4 Å². The van der Waals surface area contributed by atoms with Gasteiger partial charge in [-0.3, -0.25) is 4.79 Å². The summed E-state index contributed by atoms with van der Waals surface area (Å²) < 4.78 is 35.6. The minimum atomic E-state index is -3.38. The number of aromatic nitrogens is 1. The smallest absolute Gasteiger partial charge is 0.254 e. The molecule has 1 N–H and O–H groups in total. The van der Waals surface area contributed by atoms with E-state index >= 15 is 0 Å². The number of benzene rings is 1. The Hall–Kier alpha value is -1.96. The molecule has 1 aliphatic carbocycles. The monoisotopic (exact) mass is 458 g/mol. The number of nitrogens with one attached hydrogen (secondary N) is 1. The molecular weight excluding hydrogens is 424 g/mol. The first-order valence-corrected chi connectivity index (χ1v) is 13.4. The number of fused-ring (bicyclic) bond motifs is 1. The molecule has 0 saturated heterocycles. The first kappa shape index (κ1) is 23.2. The van der Waals surface area contributed by atoms with Gasteiger partial charge in [0.05, 0.1) is 24.5 Å². The van der Waals surface area contributed by atoms with Gasteiger partial charge in [-0.05, 0) is 69.9 Å². The molecule has 0 spiro atoms. The molecule has 1 fully saturated rings. The van der Waals surface area contributed by atoms with Gasteiger partial charge in [-0.2, -0.15) is 0 Å². The fourth-order valence-corrected chi connectivity index (χ4v) is 6.00. The maximum atomic E-state index is 13.0. The van der Waals surface area contributed by atoms with E-state index in [0.717, 1.165) is 31.4 Å². The molecule has 6 nitrogen and oxygen atoms in total. The molecule has 2 heterocycles. The molecule has 174 valence electrons. The number of ether oxygens (including phenoxy) is 1. The third-order valence-corrected chi connectivity index (χ3v) is 8.48. The summed E-state index contributed by atoms with van der Waals surface area (Å²) >= 11 is 0. The zero-order chi connectivity index (χ0) is 22.7. The molecule has 2 unspecified atom stereocenters. The van der Waals surface area contributed by atoms with E-state index in [1.54, 1.807) is 18.4 Å². The molecule has 0 bridgehead atoms. The predicted molar refractivity (Wildman–Crippen MR) is 127 cm³/mol. The van der Waals surface area contributed by atoms with E-state index in [0.29, 0.717) is 30.9 Å². The van der Waals surface area contributed by atoms with E-state index in [1.165, 1.54) is 5.56 Å². The summed E-state index contributed by atoms with van der Waals surface area (Å²) in [6, 6.07) is 13.8. The van der Waals surface area contributed by atoms with Crippen molar-refractivity contribution in [3.05, 3.63) is 69.6 Å². The van der Waals surface area contributed by atoms with Crippen molar-refractivity contribution in [1.29, 1.82) is 0 Å². The van der Waals surface area contributed by atoms with Gasteiger partial charge >= 0.3 is 0 Å². The fraction of sp³-hybridized carbons (Fsp3) is 0.560. The lowest BCUT2D eigenvalue weighted by Crippen LogP contribution is -2.50. The summed E-state index contributed by atoms with van der Waals surface area (Å²) in [5, 5.41) is 0. The molecule has 1 aromatic carbocycles. The van der Waals surface area contributed by atoms with Crippen LogP contribution in [0, 0.1) is 6.92 Å². The maximum absolute atomic E-state index is 13.0. The van der Waals surface area contributed by atoms with Crippen LogP contribution in [-0.2, 0) is 21.2 Å². The quantitative estimate of drug-likeness (QED) is 0.686. The van der Waals surface area contributed by atoms with E-state index in [2.05, 4.69) is 29.0 Å². The number of hydrogen-bond donors (Lipinski definition) is 1. The summed E-state index contributed by atoms with van der Waals surface area (Å²) in [5.41, 5.74) is 2.96. The van der Waals surface area contributed by atoms with Crippen LogP contribution in [0.3, 0.4) is 0 Å². The maximum Gasteiger partial charge on any atom is 0.254 e. The van der Waals surface area contributed by atoms with Crippen LogP contribution in [0.15, 0.2) is 47.3 Å². The first-order valence-electron chi connectivity index (χ1n) is 11.8. The highest BCUT2D eigenvalue weighted by Gasteiger charge is 2.34. The van der Waals surface area contributed by atoms with Crippen LogP contribution in [-0.4, -0.2) is 37.5 Å². The zero-order valence-electron chi connectivity index (χ0n) is 19.0. The minimum absolute atomic E-state index is 0.0240. The van der Waals surface area contributed by atoms with Crippen molar-refractivity contribution in [3.8, 4) is 0 Å². The van der Waals surface area contributed by atoms with Crippen LogP contribution >= 0.6 is 0 Å². The average molecular weight is 459 g/mol. The van der Waals surface area contributed by atoms with Gasteiger partial charge in [-0.1, -0.05) is 36.4 Å². The largest absolute Gasteiger partial charge is 0.376 e. The van der Waals surface area contributed by atoms with Crippen molar-refractivity contribution in [2.45, 2.75) is 76.5 Å². The number of hydrogen-bond acceptors (Lipinski definition) is 4. The van der Waals surface area contributed by atoms with Gasteiger partial charge in [0.2, 0.25) is 10.0 Å². The SMILES string of the molecule is CCS(=O)(=O)NC1CCc2ccc(C)c(=O)n2C1COC1CCC(c2ccccc2)CC1. The molecule has 0 amide bonds. The third kappa shape index (κ3) is 5.16. The lowest BCUT2D eigenvalue weighted by molar-refractivity contribution is -0.00169. The van der Waals surface area contributed by atoms with Crippen LogP contribution in [0.5, 0.6) is 0 Å². The van der Waals surface area contributed by atoms with Crippen molar-refractivity contribution in [2.24, 2.45) is 0 Å². The van der Waals surface area contributed by atoms with Crippen LogP contribution < -0.4 is 10.3 Å². The summed E-state index contributed by atoms with van der Waals surface area (Å²) in [7, 11) is -3.38. The molecule has 32 heavy (non-hydrogen) atoms. The Morgan fingerprint density at radius 3 is 2.44 bits per heavy atom. The number of aryl methyl sites for hydroxylation is 2. The zero-order valence-corrected chi connectivity index (χ0v) is 19.8. The molecule has 7 heteroatoms. The number of pyridine rings is 1. The second kappa shape index (κ2) is 9.89. The minimum Gasteiger partial charge on any atom is -0.376 e. The van der Waals surface area contributed by atoms with Crippen LogP contribution in [0.25, 0.3) is 0 Å². The number of sulfonamides is 1. The summed E-state index contributed by atoms with van der Waals surface area (Å²) in [6.07, 6.45) is 5.60. The van der Waals surface area contributed by atoms with Crippen molar-refractivity contribution < 1.29 is 13.2 Å². The van der Waals surface area contributed by atoms with E-state index < -0.39 is 10.0 Å². The Morgan fingerprint density at radius 1 is 1.03 bits per heavy atom. The summed E-state index contributed by atoms with van der Waals surface area (Å²) in [4.78, 5) is 13.0. The molecule has 2 aliphatic rings. The normalized spacial score (nSPS) is 25.9. The fourth-order valence-electron chi connectivity index (χ4n) is 5.10. The van der Waals surface area contributed by atoms with Crippen LogP contribution in [0.4, 0.5) is 0 Å². The van der Waals surface area contributed by atoms with Crippen molar-refractivity contribution in [2.75, 3.05) is 12.4 Å². The van der Waals surface area contributed by atoms with E-state index in [4.69, 9.17) is 4.74 Å². The standard InChI is InChI=1S/C25H34N2O4S/c1-3-32(29,30)26-23-16-13-21-12-9-18(2)25(28)27(21)24(23)17-31-22-14-10-20(11-15-22)19-7-5-4-6-8-19/h4-9,12,20,22-24,26H,3,10-11,13-17H2,1-2H3. The van der Waals surface area contributed by atoms with Crippen LogP contribution in [0.2, 0.25) is 0 Å². The van der Waals surface area contributed by atoms with Crippen LogP contribution in [0.1, 0.15) is 67.8 Å². The lowest BCUT2D eigenvalue weighted by Gasteiger charge is -2.37. The second-order valence-corrected chi connectivity index (χ2v) is 11.2. The molecule has 2 atom stereocenters. The lowest BCUT2D eigenvalue weighted by atomic mass is 9.83. The summed E-state index contributed by atoms with van der Waals surface area (Å²) in [6.45, 7) is 3.78. The predicted octanol–water partition coefficient (Wildman–Crippen LogP) is 3.69. The summed E-state index contributed by atoms with van der Waals surface area (Å²) in [5.74, 6) is 0.594. The molecule has 1 aromatic heterocycles. The highest BCUT2D eigenvalue weighted by atomic mass is 32.2. The highest BCUT2D eigenvalue weighted by Crippen LogP contribution is 2.34. The second-order valence-electron chi connectivity index (χ2n) is 9.13. The Morgan fingerprint density at radius 2 is 1.75 bits per heavy atom. The van der Waals surface area contributed by atoms with Gasteiger partial charge in [0.25, 0.3) is 5.56 Å². The highest BCUT2D eigenvalue weighted by molar-refractivity contribution is 7.89. The average Bonchev–Trinajstić information content (AvgIpc) is 2.81. The third-order valence-electron chi connectivity index (χ3n) is 7.06. The molecule has 1 aliphatic heterocycles. The number of nitrogens with zero attached hydrogens (tertiary/aromatic N) is 1. The number of rotatable bonds is 7. The molecule has 2 aromatic rings. The Balaban J connectivity index is 1.47.